The van der Waals surface area contributed by atoms with E-state index in [1.165, 1.54) is 13.0 Å². The lowest BCUT2D eigenvalue weighted by atomic mass is 10.1. The molecule has 0 fully saturated rings. The van der Waals surface area contributed by atoms with Crippen molar-refractivity contribution in [2.24, 2.45) is 0 Å². The number of nitriles is 1. The summed E-state index contributed by atoms with van der Waals surface area (Å²) in [6.07, 6.45) is 1.18. The highest BCUT2D eigenvalue weighted by Crippen LogP contribution is 2.33. The monoisotopic (exact) mass is 512 g/mol. The predicted molar refractivity (Wildman–Crippen MR) is 133 cm³/mol. The van der Waals surface area contributed by atoms with Crippen molar-refractivity contribution in [3.05, 3.63) is 65.2 Å². The van der Waals surface area contributed by atoms with Crippen LogP contribution < -0.4 is 14.8 Å². The van der Waals surface area contributed by atoms with Crippen molar-refractivity contribution in [3.8, 4) is 17.6 Å². The molecule has 1 aromatic heterocycles. The Bertz CT molecular complexity index is 1360. The third-order valence-electron chi connectivity index (χ3n) is 4.80. The zero-order chi connectivity index (χ0) is 25.4. The Morgan fingerprint density at radius 3 is 2.60 bits per heavy atom. The minimum Gasteiger partial charge on any atom is -0.490 e. The van der Waals surface area contributed by atoms with Gasteiger partial charge in [-0.25, -0.2) is 8.42 Å². The van der Waals surface area contributed by atoms with Gasteiger partial charge >= 0.3 is 0 Å². The Labute approximate surface area is 208 Å². The fourth-order valence-electron chi connectivity index (χ4n) is 2.96. The zero-order valence-electron chi connectivity index (χ0n) is 19.4. The van der Waals surface area contributed by atoms with Gasteiger partial charge in [0.2, 0.25) is 15.0 Å². The highest BCUT2D eigenvalue weighted by atomic mass is 32.2. The fourth-order valence-corrected chi connectivity index (χ4v) is 4.54. The van der Waals surface area contributed by atoms with Gasteiger partial charge in [0.15, 0.2) is 11.5 Å². The van der Waals surface area contributed by atoms with Crippen molar-refractivity contribution in [2.45, 2.75) is 32.0 Å². The van der Waals surface area contributed by atoms with Gasteiger partial charge in [-0.3, -0.25) is 10.1 Å². The van der Waals surface area contributed by atoms with Gasteiger partial charge in [0.25, 0.3) is 11.1 Å². The van der Waals surface area contributed by atoms with Gasteiger partial charge in [0.1, 0.15) is 17.7 Å². The first-order chi connectivity index (χ1) is 16.8. The van der Waals surface area contributed by atoms with Crippen molar-refractivity contribution < 1.29 is 22.7 Å². The Balaban J connectivity index is 1.80. The van der Waals surface area contributed by atoms with Crippen LogP contribution >= 0.6 is 11.5 Å². The summed E-state index contributed by atoms with van der Waals surface area (Å²) in [5, 5.41) is 11.6. The highest BCUT2D eigenvalue weighted by molar-refractivity contribution is 7.91. The smallest absolute Gasteiger partial charge is 0.268 e. The molecule has 0 radical (unpaired) electrons. The van der Waals surface area contributed by atoms with Crippen molar-refractivity contribution in [1.82, 2.24) is 9.36 Å². The van der Waals surface area contributed by atoms with Crippen LogP contribution in [-0.4, -0.2) is 36.0 Å². The molecule has 3 aromatic rings. The van der Waals surface area contributed by atoms with E-state index in [0.29, 0.717) is 23.7 Å². The molecule has 2 aromatic carbocycles. The highest BCUT2D eigenvalue weighted by Gasteiger charge is 2.20. The number of benzene rings is 2. The summed E-state index contributed by atoms with van der Waals surface area (Å²) in [5.41, 5.74) is 1.36. The summed E-state index contributed by atoms with van der Waals surface area (Å²) in [5.74, 6) is 0.106. The second-order valence-corrected chi connectivity index (χ2v) is 10.1. The first kappa shape index (κ1) is 25.9. The van der Waals surface area contributed by atoms with Crippen LogP contribution in [0, 0.1) is 11.3 Å². The molecule has 1 atom stereocenters. The maximum atomic E-state index is 12.6. The second-order valence-electron chi connectivity index (χ2n) is 7.22. The first-order valence-electron chi connectivity index (χ1n) is 10.8. The van der Waals surface area contributed by atoms with Crippen LogP contribution in [0.3, 0.4) is 0 Å². The van der Waals surface area contributed by atoms with E-state index in [4.69, 9.17) is 9.47 Å². The topological polar surface area (TPSA) is 131 Å². The Kier molecular flexibility index (Phi) is 8.57. The van der Waals surface area contributed by atoms with E-state index in [9.17, 15) is 18.5 Å². The van der Waals surface area contributed by atoms with E-state index in [-0.39, 0.29) is 27.7 Å². The summed E-state index contributed by atoms with van der Waals surface area (Å²) in [7, 11) is -3.60. The molecule has 0 aliphatic heterocycles. The van der Waals surface area contributed by atoms with Crippen LogP contribution in [0.4, 0.5) is 5.13 Å². The van der Waals surface area contributed by atoms with E-state index < -0.39 is 15.7 Å². The Morgan fingerprint density at radius 1 is 1.20 bits per heavy atom. The molecule has 1 amide bonds. The molecule has 1 N–H and O–H groups in total. The zero-order valence-corrected chi connectivity index (χ0v) is 21.0. The molecule has 1 unspecified atom stereocenters. The lowest BCUT2D eigenvalue weighted by molar-refractivity contribution is -0.112. The molecule has 182 valence electrons. The molecule has 9 nitrogen and oxygen atoms in total. The van der Waals surface area contributed by atoms with Crippen LogP contribution in [0.1, 0.15) is 38.0 Å². The number of hydrogen-bond donors (Lipinski definition) is 1. The van der Waals surface area contributed by atoms with Gasteiger partial charge in [-0.05, 0) is 43.2 Å². The van der Waals surface area contributed by atoms with Crippen LogP contribution in [0.25, 0.3) is 6.08 Å². The van der Waals surface area contributed by atoms with Crippen LogP contribution in [0.2, 0.25) is 0 Å². The van der Waals surface area contributed by atoms with Gasteiger partial charge in [-0.1, -0.05) is 43.3 Å². The number of rotatable bonds is 10. The number of hydrogen-bond acceptors (Lipinski definition) is 9. The summed E-state index contributed by atoms with van der Waals surface area (Å²) >= 11 is 0.724. The van der Waals surface area contributed by atoms with Crippen LogP contribution in [0.15, 0.2) is 59.3 Å². The normalized spacial score (nSPS) is 12.5. The van der Waals surface area contributed by atoms with E-state index in [1.807, 2.05) is 50.2 Å². The van der Waals surface area contributed by atoms with Gasteiger partial charge < -0.3 is 9.47 Å². The molecular weight excluding hydrogens is 488 g/mol. The molecule has 0 saturated carbocycles. The molecule has 11 heteroatoms. The molecule has 0 spiro atoms. The van der Waals surface area contributed by atoms with E-state index >= 15 is 0 Å². The molecule has 0 bridgehead atoms. The van der Waals surface area contributed by atoms with Crippen molar-refractivity contribution in [1.29, 1.82) is 5.26 Å². The van der Waals surface area contributed by atoms with Crippen molar-refractivity contribution in [2.75, 3.05) is 17.7 Å². The lowest BCUT2D eigenvalue weighted by Gasteiger charge is -2.18. The van der Waals surface area contributed by atoms with Crippen LogP contribution in [-0.2, 0) is 14.6 Å². The first-order valence-corrected chi connectivity index (χ1v) is 13.2. The number of carbonyl (C=O) groups excluding carboxylic acids is 1. The largest absolute Gasteiger partial charge is 0.490 e. The molecule has 3 rings (SSSR count). The number of nitrogens with zero attached hydrogens (tertiary/aromatic N) is 3. The number of aromatic nitrogens is 2. The molecule has 0 saturated heterocycles. The maximum Gasteiger partial charge on any atom is 0.268 e. The predicted octanol–water partition coefficient (Wildman–Crippen LogP) is 4.42. The quantitative estimate of drug-likeness (QED) is 0.312. The Hall–Kier alpha value is -3.75. The fraction of sp³-hybridized carbons (Fsp3) is 0.250. The summed E-state index contributed by atoms with van der Waals surface area (Å²) in [6.45, 7) is 5.65. The Morgan fingerprint density at radius 2 is 1.94 bits per heavy atom. The second kappa shape index (κ2) is 11.6. The maximum absolute atomic E-state index is 12.6. The third-order valence-corrected chi connectivity index (χ3v) is 7.05. The summed E-state index contributed by atoms with van der Waals surface area (Å²) in [6, 6.07) is 16.7. The minimum atomic E-state index is -3.60. The van der Waals surface area contributed by atoms with Gasteiger partial charge in [-0.15, -0.1) is 0 Å². The van der Waals surface area contributed by atoms with E-state index in [1.54, 1.807) is 18.2 Å². The number of carbonyl (C=O) groups is 1. The SMILES string of the molecule is CCOc1cc(C=C(C#N)C(=O)Nc2nc(S(=O)(=O)CC)ns2)ccc1OC(C)c1ccccc1. The van der Waals surface area contributed by atoms with Crippen LogP contribution in [0.5, 0.6) is 11.5 Å². The number of ether oxygens (including phenoxy) is 2. The summed E-state index contributed by atoms with van der Waals surface area (Å²) < 4.78 is 39.3. The standard InChI is InChI=1S/C24H24N4O5S2/c1-4-32-21-14-17(11-12-20(21)33-16(3)18-9-7-6-8-10-18)13-19(15-25)22(29)26-23-27-24(28-34-23)35(30,31)5-2/h6-14,16H,4-5H2,1-3H3,(H,26,27,28,29). The molecule has 1 heterocycles. The molecule has 0 aliphatic rings. The molecular formula is C24H24N4O5S2. The van der Waals surface area contributed by atoms with Crippen molar-refractivity contribution in [3.63, 3.8) is 0 Å². The number of amides is 1. The number of anilines is 1. The number of sulfone groups is 1. The van der Waals surface area contributed by atoms with Gasteiger partial charge in [-0.2, -0.15) is 14.6 Å². The third kappa shape index (κ3) is 6.65. The van der Waals surface area contributed by atoms with Gasteiger partial charge in [0.05, 0.1) is 12.4 Å². The van der Waals surface area contributed by atoms with E-state index in [0.717, 1.165) is 17.1 Å². The molecule has 0 aliphatic carbocycles. The lowest BCUT2D eigenvalue weighted by Crippen LogP contribution is -2.13. The average Bonchev–Trinajstić information content (AvgIpc) is 3.34. The summed E-state index contributed by atoms with van der Waals surface area (Å²) in [4.78, 5) is 16.4. The van der Waals surface area contributed by atoms with Gasteiger partial charge in [0, 0.05) is 11.5 Å². The average molecular weight is 513 g/mol. The minimum absolute atomic E-state index is 0.0168. The van der Waals surface area contributed by atoms with Crippen molar-refractivity contribution >= 4 is 38.5 Å². The molecule has 35 heavy (non-hydrogen) atoms. The number of nitrogens with one attached hydrogen (secondary N) is 1. The van der Waals surface area contributed by atoms with E-state index in [2.05, 4.69) is 14.7 Å².